The van der Waals surface area contributed by atoms with Crippen molar-refractivity contribution >= 4 is 71.2 Å². The van der Waals surface area contributed by atoms with Crippen molar-refractivity contribution in [2.75, 3.05) is 4.90 Å². The summed E-state index contributed by atoms with van der Waals surface area (Å²) in [4.78, 5) is 2.35. The Morgan fingerprint density at radius 1 is 0.206 bits per heavy atom. The predicted octanol–water partition coefficient (Wildman–Crippen LogP) is 18.4. The van der Waals surface area contributed by atoms with Crippen molar-refractivity contribution < 1.29 is 0 Å². The van der Waals surface area contributed by atoms with E-state index < -0.39 is 0 Å². The smallest absolute Gasteiger partial charge is 0.0547 e. The van der Waals surface area contributed by atoms with Crippen molar-refractivity contribution in [2.24, 2.45) is 0 Å². The Labute approximate surface area is 395 Å². The minimum absolute atomic E-state index is 1.09. The van der Waals surface area contributed by atoms with Gasteiger partial charge in [0.05, 0.1) is 11.0 Å². The summed E-state index contributed by atoms with van der Waals surface area (Å²) in [5.41, 5.74) is 16.3. The number of aromatic nitrogens is 1. The fourth-order valence-electron chi connectivity index (χ4n) is 10.5. The van der Waals surface area contributed by atoms with E-state index in [1.807, 2.05) is 0 Å². The molecule has 12 aromatic carbocycles. The van der Waals surface area contributed by atoms with Crippen LogP contribution in [0.2, 0.25) is 0 Å². The average Bonchev–Trinajstić information content (AvgIpc) is 3.76. The van der Waals surface area contributed by atoms with Crippen LogP contribution in [0.4, 0.5) is 17.1 Å². The quantitative estimate of drug-likeness (QED) is 0.138. The molecule has 1 aromatic heterocycles. The van der Waals surface area contributed by atoms with Gasteiger partial charge in [-0.3, -0.25) is 0 Å². The largest absolute Gasteiger partial charge is 0.311 e. The van der Waals surface area contributed by atoms with E-state index in [2.05, 4.69) is 276 Å². The third kappa shape index (κ3) is 6.82. The number of hydrogen-bond donors (Lipinski definition) is 0. The van der Waals surface area contributed by atoms with Crippen LogP contribution in [0.15, 0.2) is 267 Å². The molecule has 0 atom stereocenters. The summed E-state index contributed by atoms with van der Waals surface area (Å²) in [5, 5.41) is 10.2. The zero-order valence-corrected chi connectivity index (χ0v) is 37.3. The van der Waals surface area contributed by atoms with Gasteiger partial charge in [-0.2, -0.15) is 0 Å². The third-order valence-corrected chi connectivity index (χ3v) is 13.8. The molecule has 0 spiro atoms. The number of benzene rings is 12. The summed E-state index contributed by atoms with van der Waals surface area (Å²) in [7, 11) is 0. The molecule has 2 heteroatoms. The maximum atomic E-state index is 2.42. The molecule has 13 aromatic rings. The van der Waals surface area contributed by atoms with E-state index in [-0.39, 0.29) is 0 Å². The Kier molecular flexibility index (Phi) is 9.54. The molecule has 13 rings (SSSR count). The van der Waals surface area contributed by atoms with Crippen LogP contribution in [0, 0.1) is 0 Å². The van der Waals surface area contributed by atoms with Gasteiger partial charge >= 0.3 is 0 Å². The van der Waals surface area contributed by atoms with E-state index in [1.54, 1.807) is 0 Å². The minimum Gasteiger partial charge on any atom is -0.311 e. The summed E-state index contributed by atoms with van der Waals surface area (Å²) < 4.78 is 2.42. The van der Waals surface area contributed by atoms with E-state index in [4.69, 9.17) is 0 Å². The molecule has 2 nitrogen and oxygen atoms in total. The second-order valence-electron chi connectivity index (χ2n) is 17.7. The monoisotopic (exact) mass is 864 g/mol. The lowest BCUT2D eigenvalue weighted by Crippen LogP contribution is -2.10. The van der Waals surface area contributed by atoms with Gasteiger partial charge in [-0.1, -0.05) is 194 Å². The van der Waals surface area contributed by atoms with Crippen molar-refractivity contribution in [1.29, 1.82) is 0 Å². The number of nitrogens with zero attached hydrogens (tertiary/aromatic N) is 2. The summed E-state index contributed by atoms with van der Waals surface area (Å²) in [5.74, 6) is 0. The second-order valence-corrected chi connectivity index (χ2v) is 17.7. The summed E-state index contributed by atoms with van der Waals surface area (Å²) in [6, 6.07) is 97.4. The van der Waals surface area contributed by atoms with Gasteiger partial charge in [0.2, 0.25) is 0 Å². The fraction of sp³-hybridized carbons (Fsp3) is 0. The molecule has 0 fully saturated rings. The highest BCUT2D eigenvalue weighted by molar-refractivity contribution is 6.25. The zero-order valence-electron chi connectivity index (χ0n) is 37.3. The normalized spacial score (nSPS) is 11.5. The first-order valence-corrected chi connectivity index (χ1v) is 23.4. The lowest BCUT2D eigenvalue weighted by Gasteiger charge is -2.26. The van der Waals surface area contributed by atoms with E-state index in [0.717, 1.165) is 22.7 Å². The molecule has 0 saturated heterocycles. The Balaban J connectivity index is 0.888. The van der Waals surface area contributed by atoms with Gasteiger partial charge < -0.3 is 9.47 Å². The molecule has 0 amide bonds. The SMILES string of the molecule is c1ccc(-c2ccc(N(c3ccc(-c4ccccc4)cc3)c3ccc(-n4c5ccccc5c5ccc(-c6cccc(-c7ccc8c9ccccc9c9ccccc9c8c7)c6)cc54)cc3)cc2)cc1. The number of hydrogen-bond acceptors (Lipinski definition) is 1. The molecule has 1 heterocycles. The molecule has 318 valence electrons. The van der Waals surface area contributed by atoms with Crippen LogP contribution in [0.1, 0.15) is 0 Å². The van der Waals surface area contributed by atoms with Gasteiger partial charge in [-0.15, -0.1) is 0 Å². The predicted molar refractivity (Wildman–Crippen MR) is 290 cm³/mol. The van der Waals surface area contributed by atoms with Gasteiger partial charge in [0.15, 0.2) is 0 Å². The molecule has 0 radical (unpaired) electrons. The molecular weight excluding hydrogens is 821 g/mol. The molecule has 68 heavy (non-hydrogen) atoms. The first-order chi connectivity index (χ1) is 33.7. The Hall–Kier alpha value is -8.98. The average molecular weight is 865 g/mol. The Morgan fingerprint density at radius 3 is 1.10 bits per heavy atom. The number of rotatable bonds is 8. The van der Waals surface area contributed by atoms with Gasteiger partial charge in [0.1, 0.15) is 0 Å². The van der Waals surface area contributed by atoms with Crippen LogP contribution >= 0.6 is 0 Å². The van der Waals surface area contributed by atoms with Crippen LogP contribution in [-0.2, 0) is 0 Å². The highest BCUT2D eigenvalue weighted by Crippen LogP contribution is 2.41. The van der Waals surface area contributed by atoms with Gasteiger partial charge in [0, 0.05) is 33.5 Å². The maximum Gasteiger partial charge on any atom is 0.0547 e. The van der Waals surface area contributed by atoms with E-state index >= 15 is 0 Å². The number of fused-ring (bicyclic) bond motifs is 9. The second kappa shape index (κ2) is 16.5. The molecule has 0 aliphatic rings. The van der Waals surface area contributed by atoms with E-state index in [0.29, 0.717) is 0 Å². The van der Waals surface area contributed by atoms with Crippen LogP contribution < -0.4 is 4.90 Å². The lowest BCUT2D eigenvalue weighted by atomic mass is 9.91. The summed E-state index contributed by atoms with van der Waals surface area (Å²) in [6.07, 6.45) is 0. The molecule has 0 unspecified atom stereocenters. The summed E-state index contributed by atoms with van der Waals surface area (Å²) in [6.45, 7) is 0. The topological polar surface area (TPSA) is 8.17 Å². The standard InChI is InChI=1S/C66H44N2/c1-3-14-45(15-4-1)47-26-32-53(33-27-47)67(54-34-28-48(29-35-54)46-16-5-2-6-17-46)55-36-38-56(39-37-55)68-65-25-12-11-24-62(65)63-41-31-52(44-66(63)68)50-19-13-18-49(42-50)51-30-40-61-59-22-8-7-20-57(59)58-21-9-10-23-60(58)64(61)43-51/h1-44H. The molecular formula is C66H44N2. The first kappa shape index (κ1) is 39.4. The maximum absolute atomic E-state index is 2.42. The zero-order chi connectivity index (χ0) is 45.0. The Morgan fingerprint density at radius 2 is 0.559 bits per heavy atom. The fourth-order valence-corrected chi connectivity index (χ4v) is 10.5. The Bertz CT molecular complexity index is 3860. The molecule has 0 bridgehead atoms. The third-order valence-electron chi connectivity index (χ3n) is 13.8. The molecule has 0 saturated carbocycles. The van der Waals surface area contributed by atoms with Crippen molar-refractivity contribution in [3.8, 4) is 50.2 Å². The highest BCUT2D eigenvalue weighted by Gasteiger charge is 2.18. The molecule has 0 aliphatic heterocycles. The van der Waals surface area contributed by atoms with Gasteiger partial charge in [-0.25, -0.2) is 0 Å². The van der Waals surface area contributed by atoms with Crippen molar-refractivity contribution in [1.82, 2.24) is 4.57 Å². The minimum atomic E-state index is 1.09. The van der Waals surface area contributed by atoms with Gasteiger partial charge in [0.25, 0.3) is 0 Å². The van der Waals surface area contributed by atoms with Crippen LogP contribution in [0.3, 0.4) is 0 Å². The number of anilines is 3. The number of para-hydroxylation sites is 1. The van der Waals surface area contributed by atoms with E-state index in [9.17, 15) is 0 Å². The highest BCUT2D eigenvalue weighted by atomic mass is 15.1. The van der Waals surface area contributed by atoms with Crippen molar-refractivity contribution in [2.45, 2.75) is 0 Å². The van der Waals surface area contributed by atoms with Crippen molar-refractivity contribution in [3.63, 3.8) is 0 Å². The summed E-state index contributed by atoms with van der Waals surface area (Å²) >= 11 is 0. The molecule has 0 aliphatic carbocycles. The van der Waals surface area contributed by atoms with Gasteiger partial charge in [-0.05, 0) is 150 Å². The van der Waals surface area contributed by atoms with Crippen LogP contribution in [-0.4, -0.2) is 4.57 Å². The van der Waals surface area contributed by atoms with E-state index in [1.165, 1.54) is 98.6 Å². The molecule has 0 N–H and O–H groups in total. The first-order valence-electron chi connectivity index (χ1n) is 23.4. The lowest BCUT2D eigenvalue weighted by molar-refractivity contribution is 1.17. The van der Waals surface area contributed by atoms with Crippen molar-refractivity contribution in [3.05, 3.63) is 267 Å². The van der Waals surface area contributed by atoms with Crippen LogP contribution in [0.5, 0.6) is 0 Å². The van der Waals surface area contributed by atoms with Crippen LogP contribution in [0.25, 0.3) is 104 Å².